The van der Waals surface area contributed by atoms with Gasteiger partial charge in [0.1, 0.15) is 5.75 Å². The number of nitrogens with zero attached hydrogens (tertiary/aromatic N) is 2. The number of hydrogen-bond acceptors (Lipinski definition) is 5. The van der Waals surface area contributed by atoms with Crippen LogP contribution >= 0.6 is 0 Å². The first-order valence-corrected chi connectivity index (χ1v) is 12.3. The number of nitrogens with one attached hydrogen (secondary N) is 1. The number of carbonyl (C=O) groups excluding carboxylic acids is 1. The summed E-state index contributed by atoms with van der Waals surface area (Å²) in [7, 11) is -1.81. The lowest BCUT2D eigenvalue weighted by Crippen LogP contribution is -2.41. The second-order valence-electron chi connectivity index (χ2n) is 7.72. The molecule has 0 radical (unpaired) electrons. The van der Waals surface area contributed by atoms with E-state index in [1.165, 1.54) is 37.0 Å². The number of benzene rings is 1. The summed E-state index contributed by atoms with van der Waals surface area (Å²) in [6.45, 7) is 6.77. The molecule has 2 rings (SSSR count). The van der Waals surface area contributed by atoms with E-state index in [-0.39, 0.29) is 5.91 Å². The van der Waals surface area contributed by atoms with Crippen molar-refractivity contribution in [2.24, 2.45) is 0 Å². The molecular weight excluding hydrogens is 390 g/mol. The number of carbonyl (C=O) groups is 1. The summed E-state index contributed by atoms with van der Waals surface area (Å²) >= 11 is 0. The van der Waals surface area contributed by atoms with Crippen molar-refractivity contribution in [3.05, 3.63) is 24.3 Å². The number of rotatable bonds is 10. The summed E-state index contributed by atoms with van der Waals surface area (Å²) in [6, 6.07) is 7.34. The highest BCUT2D eigenvalue weighted by Gasteiger charge is 2.20. The highest BCUT2D eigenvalue weighted by Crippen LogP contribution is 2.21. The van der Waals surface area contributed by atoms with Crippen molar-refractivity contribution in [2.75, 3.05) is 37.2 Å². The number of likely N-dealkylation sites (tertiary alicyclic amines) is 1. The maximum absolute atomic E-state index is 12.3. The Morgan fingerprint density at radius 1 is 1.31 bits per heavy atom. The quantitative estimate of drug-likeness (QED) is 0.583. The molecule has 8 heteroatoms. The van der Waals surface area contributed by atoms with Gasteiger partial charge in [-0.1, -0.05) is 13.3 Å². The van der Waals surface area contributed by atoms with Crippen molar-refractivity contribution in [1.29, 1.82) is 0 Å². The summed E-state index contributed by atoms with van der Waals surface area (Å²) in [5.74, 6) is 0.380. The zero-order valence-electron chi connectivity index (χ0n) is 18.1. The summed E-state index contributed by atoms with van der Waals surface area (Å²) in [5, 5.41) is 2.95. The molecule has 1 aromatic carbocycles. The van der Waals surface area contributed by atoms with E-state index in [1.54, 1.807) is 31.2 Å². The van der Waals surface area contributed by atoms with Gasteiger partial charge in [0.15, 0.2) is 6.10 Å². The highest BCUT2D eigenvalue weighted by atomic mass is 32.2. The van der Waals surface area contributed by atoms with Gasteiger partial charge in [-0.3, -0.25) is 9.10 Å². The van der Waals surface area contributed by atoms with Gasteiger partial charge in [-0.25, -0.2) is 8.42 Å². The van der Waals surface area contributed by atoms with Crippen molar-refractivity contribution >= 4 is 21.6 Å². The van der Waals surface area contributed by atoms with E-state index in [4.69, 9.17) is 4.74 Å². The van der Waals surface area contributed by atoms with E-state index in [0.29, 0.717) is 24.0 Å². The molecule has 0 unspecified atom stereocenters. The van der Waals surface area contributed by atoms with E-state index in [1.807, 2.05) is 0 Å². The molecule has 0 aliphatic carbocycles. The fraction of sp³-hybridized carbons (Fsp3) is 0.667. The third-order valence-corrected chi connectivity index (χ3v) is 6.73. The van der Waals surface area contributed by atoms with Crippen LogP contribution in [0, 0.1) is 0 Å². The first-order chi connectivity index (χ1) is 13.7. The summed E-state index contributed by atoms with van der Waals surface area (Å²) in [5.41, 5.74) is 0.542. The summed E-state index contributed by atoms with van der Waals surface area (Å²) < 4.78 is 30.0. The van der Waals surface area contributed by atoms with Crippen molar-refractivity contribution in [1.82, 2.24) is 10.2 Å². The number of sulfonamides is 1. The lowest BCUT2D eigenvalue weighted by Gasteiger charge is -2.35. The van der Waals surface area contributed by atoms with Gasteiger partial charge in [0.25, 0.3) is 5.91 Å². The Balaban J connectivity index is 1.74. The molecule has 1 aliphatic rings. The Bertz CT molecular complexity index is 752. The lowest BCUT2D eigenvalue weighted by atomic mass is 10.00. The predicted molar refractivity (Wildman–Crippen MR) is 117 cm³/mol. The highest BCUT2D eigenvalue weighted by molar-refractivity contribution is 7.92. The van der Waals surface area contributed by atoms with Crippen LogP contribution in [0.25, 0.3) is 0 Å². The van der Waals surface area contributed by atoms with Crippen LogP contribution in [0.5, 0.6) is 5.75 Å². The minimum Gasteiger partial charge on any atom is -0.481 e. The molecule has 1 amide bonds. The molecule has 164 valence electrons. The smallest absolute Gasteiger partial charge is 0.260 e. The minimum atomic E-state index is -3.31. The third-order valence-electron chi connectivity index (χ3n) is 5.52. The molecule has 1 saturated heterocycles. The van der Waals surface area contributed by atoms with Gasteiger partial charge in [0.05, 0.1) is 11.9 Å². The molecule has 0 bridgehead atoms. The maximum Gasteiger partial charge on any atom is 0.260 e. The fourth-order valence-electron chi connectivity index (χ4n) is 3.64. The number of hydrogen-bond donors (Lipinski definition) is 1. The van der Waals surface area contributed by atoms with Gasteiger partial charge in [-0.05, 0) is 63.4 Å². The number of ether oxygens (including phenoxy) is 1. The standard InChI is InChI=1S/C21H35N3O4S/c1-5-18-9-6-7-15-24(18)16-8-14-22-21(25)17(2)28-20-12-10-19(11-13-20)23(3)29(4,26)27/h10-13,17-18H,5-9,14-16H2,1-4H3,(H,22,25)/t17-,18-/m0/s1. The van der Waals surface area contributed by atoms with Crippen LogP contribution in [0.1, 0.15) is 46.0 Å². The van der Waals surface area contributed by atoms with E-state index in [2.05, 4.69) is 17.1 Å². The van der Waals surface area contributed by atoms with E-state index < -0.39 is 16.1 Å². The van der Waals surface area contributed by atoms with Gasteiger partial charge in [-0.15, -0.1) is 0 Å². The zero-order chi connectivity index (χ0) is 21.4. The van der Waals surface area contributed by atoms with Crippen molar-refractivity contribution in [2.45, 2.75) is 58.1 Å². The van der Waals surface area contributed by atoms with Crippen LogP contribution in [-0.2, 0) is 14.8 Å². The van der Waals surface area contributed by atoms with Gasteiger partial charge >= 0.3 is 0 Å². The monoisotopic (exact) mass is 425 g/mol. The second kappa shape index (κ2) is 10.8. The maximum atomic E-state index is 12.3. The molecule has 1 aliphatic heterocycles. The average Bonchev–Trinajstić information content (AvgIpc) is 2.70. The molecule has 1 aromatic rings. The molecule has 2 atom stereocenters. The van der Waals surface area contributed by atoms with Crippen LogP contribution in [0.15, 0.2) is 24.3 Å². The van der Waals surface area contributed by atoms with Gasteiger partial charge in [-0.2, -0.15) is 0 Å². The molecule has 0 aromatic heterocycles. The second-order valence-corrected chi connectivity index (χ2v) is 9.74. The fourth-order valence-corrected chi connectivity index (χ4v) is 4.14. The Morgan fingerprint density at radius 3 is 2.62 bits per heavy atom. The van der Waals surface area contributed by atoms with Crippen molar-refractivity contribution < 1.29 is 17.9 Å². The normalized spacial score (nSPS) is 18.8. The van der Waals surface area contributed by atoms with Crippen molar-refractivity contribution in [3.8, 4) is 5.75 Å². The molecule has 1 N–H and O–H groups in total. The number of amides is 1. The first kappa shape index (κ1) is 23.5. The van der Waals surface area contributed by atoms with E-state index >= 15 is 0 Å². The van der Waals surface area contributed by atoms with E-state index in [9.17, 15) is 13.2 Å². The third kappa shape index (κ3) is 7.19. The summed E-state index contributed by atoms with van der Waals surface area (Å²) in [6.07, 6.45) is 6.53. The Labute approximate surface area is 175 Å². The number of piperidine rings is 1. The largest absolute Gasteiger partial charge is 0.481 e. The number of anilines is 1. The Kier molecular flexibility index (Phi) is 8.77. The average molecular weight is 426 g/mol. The van der Waals surface area contributed by atoms with Gasteiger partial charge in [0, 0.05) is 26.2 Å². The van der Waals surface area contributed by atoms with Crippen molar-refractivity contribution in [3.63, 3.8) is 0 Å². The molecule has 29 heavy (non-hydrogen) atoms. The lowest BCUT2D eigenvalue weighted by molar-refractivity contribution is -0.127. The first-order valence-electron chi connectivity index (χ1n) is 10.4. The van der Waals surface area contributed by atoms with Crippen LogP contribution in [-0.4, -0.2) is 64.3 Å². The molecular formula is C21H35N3O4S. The van der Waals surface area contributed by atoms with Crippen LogP contribution in [0.2, 0.25) is 0 Å². The summed E-state index contributed by atoms with van der Waals surface area (Å²) in [4.78, 5) is 14.8. The Hall–Kier alpha value is -1.80. The Morgan fingerprint density at radius 2 is 2.00 bits per heavy atom. The zero-order valence-corrected chi connectivity index (χ0v) is 18.9. The molecule has 1 fully saturated rings. The molecule has 0 spiro atoms. The SMILES string of the molecule is CC[C@H]1CCCCN1CCCNC(=O)[C@H](C)Oc1ccc(N(C)S(C)(=O)=O)cc1. The molecule has 1 heterocycles. The van der Waals surface area contributed by atoms with Crippen LogP contribution in [0.4, 0.5) is 5.69 Å². The minimum absolute atomic E-state index is 0.145. The molecule has 7 nitrogen and oxygen atoms in total. The van der Waals surface area contributed by atoms with Crippen LogP contribution < -0.4 is 14.4 Å². The topological polar surface area (TPSA) is 79.0 Å². The van der Waals surface area contributed by atoms with Crippen LogP contribution in [0.3, 0.4) is 0 Å². The molecule has 0 saturated carbocycles. The van der Waals surface area contributed by atoms with Gasteiger partial charge in [0.2, 0.25) is 10.0 Å². The van der Waals surface area contributed by atoms with E-state index in [0.717, 1.165) is 25.8 Å². The predicted octanol–water partition coefficient (Wildman–Crippen LogP) is 2.62. The van der Waals surface area contributed by atoms with Gasteiger partial charge < -0.3 is 15.0 Å².